The first-order valence-corrected chi connectivity index (χ1v) is 6.46. The zero-order chi connectivity index (χ0) is 13.3. The number of carbonyl (C=O) groups is 1. The summed E-state index contributed by atoms with van der Waals surface area (Å²) in [5.41, 5.74) is 1.78. The summed E-state index contributed by atoms with van der Waals surface area (Å²) in [5, 5.41) is 8.87. The summed E-state index contributed by atoms with van der Waals surface area (Å²) in [6.45, 7) is 8.87. The molecule has 0 radical (unpaired) electrons. The average Bonchev–Trinajstić information content (AvgIpc) is 2.52. The van der Waals surface area contributed by atoms with E-state index in [9.17, 15) is 4.79 Å². The van der Waals surface area contributed by atoms with E-state index >= 15 is 0 Å². The highest BCUT2D eigenvalue weighted by Crippen LogP contribution is 2.33. The fourth-order valence-electron chi connectivity index (χ4n) is 2.92. The monoisotopic (exact) mass is 247 g/mol. The van der Waals surface area contributed by atoms with Gasteiger partial charge < -0.3 is 5.11 Å². The summed E-state index contributed by atoms with van der Waals surface area (Å²) in [6, 6.07) is 7.21. The first-order valence-electron chi connectivity index (χ1n) is 6.46. The molecule has 1 heterocycles. The Morgan fingerprint density at radius 2 is 2.00 bits per heavy atom. The van der Waals surface area contributed by atoms with E-state index in [4.69, 9.17) is 5.11 Å². The van der Waals surface area contributed by atoms with Crippen LogP contribution in [0.5, 0.6) is 0 Å². The van der Waals surface area contributed by atoms with Gasteiger partial charge in [0.25, 0.3) is 0 Å². The van der Waals surface area contributed by atoms with Crippen LogP contribution in [0.3, 0.4) is 0 Å². The van der Waals surface area contributed by atoms with Crippen molar-refractivity contribution in [3.8, 4) is 0 Å². The van der Waals surface area contributed by atoms with Crippen molar-refractivity contribution in [3.05, 3.63) is 35.4 Å². The Kier molecular flexibility index (Phi) is 3.44. The topological polar surface area (TPSA) is 40.5 Å². The standard InChI is InChI=1S/C15H21NO2/c1-11-8-15(2,3)16(9-11)10-12-4-6-13(7-5-12)14(17)18/h4-7,11H,8-10H2,1-3H3,(H,17,18). The molecule has 2 rings (SSSR count). The highest BCUT2D eigenvalue weighted by molar-refractivity contribution is 5.87. The quantitative estimate of drug-likeness (QED) is 0.892. The number of carboxylic acids is 1. The molecule has 1 atom stereocenters. The van der Waals surface area contributed by atoms with Crippen LogP contribution in [0.2, 0.25) is 0 Å². The molecule has 1 aliphatic rings. The number of rotatable bonds is 3. The second-order valence-electron chi connectivity index (χ2n) is 6.00. The number of carboxylic acid groups (broad SMARTS) is 1. The van der Waals surface area contributed by atoms with Gasteiger partial charge >= 0.3 is 5.97 Å². The van der Waals surface area contributed by atoms with Gasteiger partial charge in [0.05, 0.1) is 5.56 Å². The molecule has 0 spiro atoms. The smallest absolute Gasteiger partial charge is 0.335 e. The minimum atomic E-state index is -0.864. The van der Waals surface area contributed by atoms with Gasteiger partial charge in [0, 0.05) is 18.6 Å². The van der Waals surface area contributed by atoms with Gasteiger partial charge in [0.15, 0.2) is 0 Å². The summed E-state index contributed by atoms with van der Waals surface area (Å²) < 4.78 is 0. The van der Waals surface area contributed by atoms with Crippen molar-refractivity contribution in [3.63, 3.8) is 0 Å². The predicted octanol–water partition coefficient (Wildman–Crippen LogP) is 3.01. The van der Waals surface area contributed by atoms with Crippen LogP contribution in [-0.2, 0) is 6.54 Å². The van der Waals surface area contributed by atoms with Gasteiger partial charge in [-0.3, -0.25) is 4.90 Å². The number of hydrogen-bond donors (Lipinski definition) is 1. The van der Waals surface area contributed by atoms with Crippen molar-refractivity contribution in [2.75, 3.05) is 6.54 Å². The van der Waals surface area contributed by atoms with E-state index in [1.165, 1.54) is 12.0 Å². The number of nitrogens with zero attached hydrogens (tertiary/aromatic N) is 1. The molecule has 1 aliphatic heterocycles. The molecule has 98 valence electrons. The third-order valence-electron chi connectivity index (χ3n) is 3.81. The molecule has 1 saturated heterocycles. The zero-order valence-corrected chi connectivity index (χ0v) is 11.3. The predicted molar refractivity (Wildman–Crippen MR) is 71.7 cm³/mol. The van der Waals surface area contributed by atoms with Crippen LogP contribution in [0.4, 0.5) is 0 Å². The summed E-state index contributed by atoms with van der Waals surface area (Å²) in [7, 11) is 0. The Morgan fingerprint density at radius 3 is 2.44 bits per heavy atom. The lowest BCUT2D eigenvalue weighted by atomic mass is 9.97. The highest BCUT2D eigenvalue weighted by atomic mass is 16.4. The summed E-state index contributed by atoms with van der Waals surface area (Å²) in [4.78, 5) is 13.3. The largest absolute Gasteiger partial charge is 0.478 e. The summed E-state index contributed by atoms with van der Waals surface area (Å²) in [6.07, 6.45) is 1.22. The molecule has 1 fully saturated rings. The molecule has 0 aromatic heterocycles. The van der Waals surface area contributed by atoms with Crippen LogP contribution < -0.4 is 0 Å². The average molecular weight is 247 g/mol. The maximum atomic E-state index is 10.8. The Bertz CT molecular complexity index is 436. The molecular weight excluding hydrogens is 226 g/mol. The van der Waals surface area contributed by atoms with Crippen molar-refractivity contribution in [2.45, 2.75) is 39.3 Å². The van der Waals surface area contributed by atoms with Crippen molar-refractivity contribution in [1.29, 1.82) is 0 Å². The van der Waals surface area contributed by atoms with Crippen LogP contribution in [-0.4, -0.2) is 28.1 Å². The van der Waals surface area contributed by atoms with Crippen LogP contribution >= 0.6 is 0 Å². The second-order valence-corrected chi connectivity index (χ2v) is 6.00. The van der Waals surface area contributed by atoms with E-state index in [0.29, 0.717) is 5.56 Å². The summed E-state index contributed by atoms with van der Waals surface area (Å²) in [5.74, 6) is -0.130. The van der Waals surface area contributed by atoms with Gasteiger partial charge in [-0.2, -0.15) is 0 Å². The molecule has 18 heavy (non-hydrogen) atoms. The second kappa shape index (κ2) is 4.73. The Hall–Kier alpha value is -1.35. The first-order chi connectivity index (χ1) is 8.38. The minimum absolute atomic E-state index is 0.241. The van der Waals surface area contributed by atoms with Crippen LogP contribution in [0.1, 0.15) is 43.1 Å². The number of benzene rings is 1. The molecule has 1 unspecified atom stereocenters. The SMILES string of the molecule is CC1CN(Cc2ccc(C(=O)O)cc2)C(C)(C)C1. The van der Waals surface area contributed by atoms with E-state index in [-0.39, 0.29) is 5.54 Å². The summed E-state index contributed by atoms with van der Waals surface area (Å²) >= 11 is 0. The third-order valence-corrected chi connectivity index (χ3v) is 3.81. The molecular formula is C15H21NO2. The van der Waals surface area contributed by atoms with Gasteiger partial charge in [-0.1, -0.05) is 19.1 Å². The van der Waals surface area contributed by atoms with Crippen LogP contribution in [0.15, 0.2) is 24.3 Å². The van der Waals surface area contributed by atoms with Crippen molar-refractivity contribution < 1.29 is 9.90 Å². The lowest BCUT2D eigenvalue weighted by molar-refractivity contribution is 0.0697. The van der Waals surface area contributed by atoms with E-state index in [2.05, 4.69) is 25.7 Å². The lowest BCUT2D eigenvalue weighted by Crippen LogP contribution is -2.37. The molecule has 0 aliphatic carbocycles. The molecule has 1 aromatic carbocycles. The normalized spacial score (nSPS) is 23.2. The fraction of sp³-hybridized carbons (Fsp3) is 0.533. The van der Waals surface area contributed by atoms with Gasteiger partial charge in [-0.15, -0.1) is 0 Å². The van der Waals surface area contributed by atoms with Gasteiger partial charge in [0.2, 0.25) is 0 Å². The molecule has 0 bridgehead atoms. The molecule has 0 amide bonds. The van der Waals surface area contributed by atoms with Crippen LogP contribution in [0.25, 0.3) is 0 Å². The van der Waals surface area contributed by atoms with E-state index in [1.807, 2.05) is 12.1 Å². The highest BCUT2D eigenvalue weighted by Gasteiger charge is 2.35. The maximum absolute atomic E-state index is 10.8. The molecule has 1 N–H and O–H groups in total. The number of likely N-dealkylation sites (tertiary alicyclic amines) is 1. The third kappa shape index (κ3) is 2.72. The minimum Gasteiger partial charge on any atom is -0.478 e. The zero-order valence-electron chi connectivity index (χ0n) is 11.3. The number of aromatic carboxylic acids is 1. The fourth-order valence-corrected chi connectivity index (χ4v) is 2.92. The van der Waals surface area contributed by atoms with Crippen molar-refractivity contribution >= 4 is 5.97 Å². The molecule has 3 heteroatoms. The van der Waals surface area contributed by atoms with Gasteiger partial charge in [-0.25, -0.2) is 4.79 Å². The molecule has 3 nitrogen and oxygen atoms in total. The van der Waals surface area contributed by atoms with Gasteiger partial charge in [-0.05, 0) is 43.9 Å². The van der Waals surface area contributed by atoms with Crippen LogP contribution in [0, 0.1) is 5.92 Å². The van der Waals surface area contributed by atoms with Crippen molar-refractivity contribution in [1.82, 2.24) is 4.90 Å². The lowest BCUT2D eigenvalue weighted by Gasteiger charge is -2.31. The maximum Gasteiger partial charge on any atom is 0.335 e. The Balaban J connectivity index is 2.08. The Labute approximate surface area is 108 Å². The first kappa shape index (κ1) is 13.1. The van der Waals surface area contributed by atoms with E-state index < -0.39 is 5.97 Å². The number of hydrogen-bond acceptors (Lipinski definition) is 2. The van der Waals surface area contributed by atoms with E-state index in [1.54, 1.807) is 12.1 Å². The molecule has 0 saturated carbocycles. The molecule has 1 aromatic rings. The van der Waals surface area contributed by atoms with Crippen molar-refractivity contribution in [2.24, 2.45) is 5.92 Å². The van der Waals surface area contributed by atoms with E-state index in [0.717, 1.165) is 19.0 Å². The Morgan fingerprint density at radius 1 is 1.39 bits per heavy atom. The van der Waals surface area contributed by atoms with Gasteiger partial charge in [0.1, 0.15) is 0 Å².